The van der Waals surface area contributed by atoms with Crippen LogP contribution in [0.2, 0.25) is 0 Å². The highest BCUT2D eigenvalue weighted by atomic mass is 79.9. The molecule has 4 heteroatoms. The standard InChI is InChI=1S/C11H10BrNO2/c12-6-9(14)10-7-4-2-1-3-5-8(7)13-11(10)15/h1-5,7,10H,6H2,(H,13,15). The Morgan fingerprint density at radius 1 is 1.40 bits per heavy atom. The molecule has 1 heterocycles. The predicted octanol–water partition coefficient (Wildman–Crippen LogP) is 1.32. The van der Waals surface area contributed by atoms with Crippen LogP contribution in [0.4, 0.5) is 0 Å². The van der Waals surface area contributed by atoms with Gasteiger partial charge in [0.05, 0.1) is 5.33 Å². The van der Waals surface area contributed by atoms with E-state index in [0.29, 0.717) is 0 Å². The minimum atomic E-state index is -0.577. The zero-order valence-corrected chi connectivity index (χ0v) is 9.53. The Hall–Kier alpha value is -1.16. The SMILES string of the molecule is O=C(CBr)C1C(=O)NC2=CC=CC=CC21. The average molecular weight is 268 g/mol. The van der Waals surface area contributed by atoms with Crippen LogP contribution < -0.4 is 5.32 Å². The first-order valence-corrected chi connectivity index (χ1v) is 5.81. The maximum Gasteiger partial charge on any atom is 0.235 e. The van der Waals surface area contributed by atoms with Gasteiger partial charge in [0.2, 0.25) is 5.91 Å². The Kier molecular flexibility index (Phi) is 2.86. The Labute approximate surface area is 96.0 Å². The van der Waals surface area contributed by atoms with Crippen LogP contribution in [0.15, 0.2) is 36.1 Å². The van der Waals surface area contributed by atoms with E-state index in [0.717, 1.165) is 5.70 Å². The Morgan fingerprint density at radius 3 is 2.93 bits per heavy atom. The van der Waals surface area contributed by atoms with Crippen LogP contribution in [0.3, 0.4) is 0 Å². The fraction of sp³-hybridized carbons (Fsp3) is 0.273. The van der Waals surface area contributed by atoms with Crippen molar-refractivity contribution in [1.82, 2.24) is 5.32 Å². The first kappa shape index (κ1) is 10.4. The van der Waals surface area contributed by atoms with E-state index in [1.165, 1.54) is 0 Å². The number of carbonyl (C=O) groups excluding carboxylic acids is 2. The second-order valence-electron chi connectivity index (χ2n) is 3.48. The van der Waals surface area contributed by atoms with Crippen molar-refractivity contribution >= 4 is 27.6 Å². The third kappa shape index (κ3) is 1.81. The Morgan fingerprint density at radius 2 is 2.20 bits per heavy atom. The van der Waals surface area contributed by atoms with Crippen LogP contribution >= 0.6 is 15.9 Å². The fourth-order valence-electron chi connectivity index (χ4n) is 1.85. The molecule has 0 aromatic carbocycles. The van der Waals surface area contributed by atoms with Gasteiger partial charge in [0.25, 0.3) is 0 Å². The molecule has 1 aliphatic carbocycles. The first-order chi connectivity index (χ1) is 7.24. The summed E-state index contributed by atoms with van der Waals surface area (Å²) in [4.78, 5) is 23.2. The lowest BCUT2D eigenvalue weighted by Gasteiger charge is -2.10. The molecule has 78 valence electrons. The van der Waals surface area contributed by atoms with Crippen molar-refractivity contribution in [2.45, 2.75) is 0 Å². The van der Waals surface area contributed by atoms with Gasteiger partial charge in [0, 0.05) is 11.6 Å². The zero-order chi connectivity index (χ0) is 10.8. The van der Waals surface area contributed by atoms with E-state index < -0.39 is 5.92 Å². The molecule has 2 unspecified atom stereocenters. The molecule has 1 aliphatic heterocycles. The predicted molar refractivity (Wildman–Crippen MR) is 60.3 cm³/mol. The zero-order valence-electron chi connectivity index (χ0n) is 7.94. The summed E-state index contributed by atoms with van der Waals surface area (Å²) in [5.41, 5.74) is 0.810. The summed E-state index contributed by atoms with van der Waals surface area (Å²) in [5.74, 6) is -0.979. The molecule has 0 saturated carbocycles. The number of fused-ring (bicyclic) bond motifs is 1. The molecule has 0 spiro atoms. The van der Waals surface area contributed by atoms with Gasteiger partial charge in [-0.15, -0.1) is 0 Å². The van der Waals surface area contributed by atoms with Crippen LogP contribution in [0.1, 0.15) is 0 Å². The summed E-state index contributed by atoms with van der Waals surface area (Å²) in [7, 11) is 0. The third-order valence-electron chi connectivity index (χ3n) is 2.56. The molecule has 15 heavy (non-hydrogen) atoms. The second-order valence-corrected chi connectivity index (χ2v) is 4.05. The molecule has 3 nitrogen and oxygen atoms in total. The lowest BCUT2D eigenvalue weighted by Crippen LogP contribution is -2.28. The van der Waals surface area contributed by atoms with Gasteiger partial charge in [-0.2, -0.15) is 0 Å². The summed E-state index contributed by atoms with van der Waals surface area (Å²) >= 11 is 3.10. The highest BCUT2D eigenvalue weighted by Gasteiger charge is 2.41. The van der Waals surface area contributed by atoms with E-state index in [9.17, 15) is 9.59 Å². The molecule has 0 aromatic heterocycles. The third-order valence-corrected chi connectivity index (χ3v) is 3.12. The van der Waals surface area contributed by atoms with E-state index in [1.54, 1.807) is 0 Å². The smallest absolute Gasteiger partial charge is 0.235 e. The summed E-state index contributed by atoms with van der Waals surface area (Å²) in [5, 5.41) is 2.96. The van der Waals surface area contributed by atoms with Gasteiger partial charge in [-0.25, -0.2) is 0 Å². The van der Waals surface area contributed by atoms with Gasteiger partial charge in [-0.05, 0) is 6.08 Å². The van der Waals surface area contributed by atoms with Gasteiger partial charge < -0.3 is 5.32 Å². The molecule has 1 fully saturated rings. The highest BCUT2D eigenvalue weighted by Crippen LogP contribution is 2.30. The Bertz CT molecular complexity index is 395. The van der Waals surface area contributed by atoms with Crippen molar-refractivity contribution in [2.75, 3.05) is 5.33 Å². The topological polar surface area (TPSA) is 46.2 Å². The number of hydrogen-bond acceptors (Lipinski definition) is 2. The molecule has 2 rings (SSSR count). The van der Waals surface area contributed by atoms with E-state index in [-0.39, 0.29) is 22.9 Å². The van der Waals surface area contributed by atoms with Crippen molar-refractivity contribution < 1.29 is 9.59 Å². The van der Waals surface area contributed by atoms with E-state index in [1.807, 2.05) is 30.4 Å². The number of Topliss-reactive ketones (excluding diaryl/α,β-unsaturated/α-hetero) is 1. The number of nitrogens with one attached hydrogen (secondary N) is 1. The maximum atomic E-state index is 11.6. The number of carbonyl (C=O) groups is 2. The molecule has 1 N–H and O–H groups in total. The van der Waals surface area contributed by atoms with Crippen LogP contribution in [-0.4, -0.2) is 17.0 Å². The van der Waals surface area contributed by atoms with Crippen molar-refractivity contribution in [2.24, 2.45) is 11.8 Å². The summed E-state index contributed by atoms with van der Waals surface area (Å²) in [6, 6.07) is 0. The average Bonchev–Trinajstić information content (AvgIpc) is 2.40. The Balaban J connectivity index is 2.34. The lowest BCUT2D eigenvalue weighted by molar-refractivity contribution is -0.130. The van der Waals surface area contributed by atoms with Gasteiger partial charge in [0.1, 0.15) is 5.92 Å². The minimum Gasteiger partial charge on any atom is -0.328 e. The normalized spacial score (nSPS) is 28.1. The number of amides is 1. The van der Waals surface area contributed by atoms with E-state index >= 15 is 0 Å². The van der Waals surface area contributed by atoms with Crippen molar-refractivity contribution in [3.8, 4) is 0 Å². The van der Waals surface area contributed by atoms with Gasteiger partial charge in [-0.3, -0.25) is 9.59 Å². The van der Waals surface area contributed by atoms with E-state index in [4.69, 9.17) is 0 Å². The molecule has 0 radical (unpaired) electrons. The summed E-state index contributed by atoms with van der Waals surface area (Å²) < 4.78 is 0. The lowest BCUT2D eigenvalue weighted by atomic mass is 9.90. The molecule has 1 amide bonds. The van der Waals surface area contributed by atoms with Crippen molar-refractivity contribution in [3.05, 3.63) is 36.1 Å². The number of ketones is 1. The van der Waals surface area contributed by atoms with Crippen LogP contribution in [0, 0.1) is 11.8 Å². The number of hydrogen-bond donors (Lipinski definition) is 1. The quantitative estimate of drug-likeness (QED) is 0.606. The molecule has 0 bridgehead atoms. The van der Waals surface area contributed by atoms with Crippen molar-refractivity contribution in [1.29, 1.82) is 0 Å². The molecular weight excluding hydrogens is 258 g/mol. The monoisotopic (exact) mass is 267 g/mol. The number of allylic oxidation sites excluding steroid dienone is 5. The van der Waals surface area contributed by atoms with Crippen LogP contribution in [-0.2, 0) is 9.59 Å². The molecule has 1 saturated heterocycles. The number of alkyl halides is 1. The number of rotatable bonds is 2. The fourth-order valence-corrected chi connectivity index (χ4v) is 2.20. The number of halogens is 1. The van der Waals surface area contributed by atoms with Crippen LogP contribution in [0.25, 0.3) is 0 Å². The van der Waals surface area contributed by atoms with Gasteiger partial charge >= 0.3 is 0 Å². The van der Waals surface area contributed by atoms with Crippen molar-refractivity contribution in [3.63, 3.8) is 0 Å². The van der Waals surface area contributed by atoms with E-state index in [2.05, 4.69) is 21.2 Å². The van der Waals surface area contributed by atoms with Gasteiger partial charge in [-0.1, -0.05) is 40.2 Å². The molecule has 2 aliphatic rings. The van der Waals surface area contributed by atoms with Crippen LogP contribution in [0.5, 0.6) is 0 Å². The summed E-state index contributed by atoms with van der Waals surface area (Å²) in [6.45, 7) is 0. The minimum absolute atomic E-state index is 0.0764. The molecule has 2 atom stereocenters. The maximum absolute atomic E-state index is 11.6. The molecule has 0 aromatic rings. The summed E-state index contributed by atoms with van der Waals surface area (Å²) in [6.07, 6.45) is 9.33. The highest BCUT2D eigenvalue weighted by molar-refractivity contribution is 9.09. The molecular formula is C11H10BrNO2. The second kappa shape index (κ2) is 4.14. The largest absolute Gasteiger partial charge is 0.328 e. The van der Waals surface area contributed by atoms with Gasteiger partial charge in [0.15, 0.2) is 5.78 Å². The first-order valence-electron chi connectivity index (χ1n) is 4.68.